The zero-order valence-corrected chi connectivity index (χ0v) is 20.2. The second-order valence-electron chi connectivity index (χ2n) is 9.42. The molecule has 0 amide bonds. The molecule has 2 aliphatic rings. The second kappa shape index (κ2) is 8.96. The molecule has 3 rings (SSSR count). The lowest BCUT2D eigenvalue weighted by Crippen LogP contribution is -2.40. The summed E-state index contributed by atoms with van der Waals surface area (Å²) in [6, 6.07) is 3.59. The number of hydrogen-bond donors (Lipinski definition) is 0. The molecule has 1 unspecified atom stereocenters. The smallest absolute Gasteiger partial charge is 0.315 e. The van der Waals surface area contributed by atoms with Crippen LogP contribution in [0.1, 0.15) is 58.9 Å². The van der Waals surface area contributed by atoms with Crippen molar-refractivity contribution in [2.45, 2.75) is 59.5 Å². The van der Waals surface area contributed by atoms with Crippen LogP contribution in [0, 0.1) is 11.3 Å². The average Bonchev–Trinajstić information content (AvgIpc) is 2.69. The minimum atomic E-state index is -0.742. The number of nitrogens with zero attached hydrogens (tertiary/aromatic N) is 1. The van der Waals surface area contributed by atoms with Crippen LogP contribution in [-0.2, 0) is 14.3 Å². The summed E-state index contributed by atoms with van der Waals surface area (Å²) in [7, 11) is 4.61. The van der Waals surface area contributed by atoms with Gasteiger partial charge in [-0.25, -0.2) is 0 Å². The van der Waals surface area contributed by atoms with Crippen LogP contribution in [-0.4, -0.2) is 44.9 Å². The molecule has 7 heteroatoms. The van der Waals surface area contributed by atoms with Gasteiger partial charge in [0.25, 0.3) is 0 Å². The molecule has 0 spiro atoms. The van der Waals surface area contributed by atoms with Gasteiger partial charge in [0, 0.05) is 34.9 Å². The Morgan fingerprint density at radius 2 is 1.72 bits per heavy atom. The Hall–Kier alpha value is -2.83. The van der Waals surface area contributed by atoms with E-state index in [0.29, 0.717) is 46.9 Å². The van der Waals surface area contributed by atoms with Gasteiger partial charge in [0.15, 0.2) is 17.3 Å². The molecule has 2 atom stereocenters. The van der Waals surface area contributed by atoms with E-state index in [1.807, 2.05) is 13.0 Å². The summed E-state index contributed by atoms with van der Waals surface area (Å²) in [5, 5.41) is 0. The minimum Gasteiger partial charge on any atom is -0.493 e. The van der Waals surface area contributed by atoms with Crippen LogP contribution < -0.4 is 14.2 Å². The predicted molar refractivity (Wildman–Crippen MR) is 122 cm³/mol. The quantitative estimate of drug-likeness (QED) is 0.603. The molecular weight excluding hydrogens is 410 g/mol. The normalized spacial score (nSPS) is 22.3. The summed E-state index contributed by atoms with van der Waals surface area (Å²) < 4.78 is 22.3. The average molecular weight is 444 g/mol. The lowest BCUT2D eigenvalue weighted by molar-refractivity contribution is -0.150. The van der Waals surface area contributed by atoms with Gasteiger partial charge in [0.05, 0.1) is 27.4 Å². The molecule has 0 saturated heterocycles. The highest BCUT2D eigenvalue weighted by Gasteiger charge is 2.47. The van der Waals surface area contributed by atoms with Gasteiger partial charge in [-0.3, -0.25) is 14.6 Å². The van der Waals surface area contributed by atoms with Crippen molar-refractivity contribution in [2.75, 3.05) is 21.3 Å². The maximum absolute atomic E-state index is 13.4. The van der Waals surface area contributed by atoms with Crippen LogP contribution in [0.4, 0.5) is 0 Å². The van der Waals surface area contributed by atoms with E-state index >= 15 is 0 Å². The lowest BCUT2D eigenvalue weighted by Gasteiger charge is -2.39. The molecular formula is C25H33NO6. The Morgan fingerprint density at radius 3 is 2.28 bits per heavy atom. The molecule has 0 N–H and O–H groups in total. The third kappa shape index (κ3) is 4.25. The molecule has 1 aliphatic heterocycles. The molecule has 0 fully saturated rings. The first-order chi connectivity index (χ1) is 15.0. The second-order valence-corrected chi connectivity index (χ2v) is 9.42. The summed E-state index contributed by atoms with van der Waals surface area (Å²) in [5.41, 5.74) is 2.40. The van der Waals surface area contributed by atoms with E-state index in [1.54, 1.807) is 27.0 Å². The van der Waals surface area contributed by atoms with Crippen molar-refractivity contribution in [2.24, 2.45) is 16.3 Å². The first-order valence-corrected chi connectivity index (χ1v) is 10.9. The van der Waals surface area contributed by atoms with Gasteiger partial charge >= 0.3 is 5.97 Å². The maximum Gasteiger partial charge on any atom is 0.315 e. The van der Waals surface area contributed by atoms with E-state index in [4.69, 9.17) is 23.9 Å². The van der Waals surface area contributed by atoms with Gasteiger partial charge in [-0.05, 0) is 38.7 Å². The largest absolute Gasteiger partial charge is 0.493 e. The summed E-state index contributed by atoms with van der Waals surface area (Å²) in [4.78, 5) is 31.4. The van der Waals surface area contributed by atoms with Gasteiger partial charge < -0.3 is 18.9 Å². The molecule has 32 heavy (non-hydrogen) atoms. The fourth-order valence-corrected chi connectivity index (χ4v) is 4.76. The number of carbonyl (C=O) groups excluding carboxylic acids is 2. The molecule has 0 radical (unpaired) electrons. The Labute approximate surface area is 189 Å². The molecule has 1 heterocycles. The summed E-state index contributed by atoms with van der Waals surface area (Å²) in [5.74, 6) is -0.405. The Kier molecular flexibility index (Phi) is 6.67. The van der Waals surface area contributed by atoms with Crippen LogP contribution in [0.2, 0.25) is 0 Å². The van der Waals surface area contributed by atoms with E-state index in [-0.39, 0.29) is 17.3 Å². The number of aliphatic imine (C=N–C) groups is 1. The van der Waals surface area contributed by atoms with E-state index in [9.17, 15) is 9.59 Å². The SMILES string of the molecule is COc1ccc([C@H]2C3=C(CC(C)(C)CC3=O)N=C(C)C2C(=O)OC(C)C)c(OC)c1OC. The minimum absolute atomic E-state index is 0.00307. The van der Waals surface area contributed by atoms with Crippen LogP contribution >= 0.6 is 0 Å². The third-order valence-corrected chi connectivity index (χ3v) is 5.98. The molecule has 7 nitrogen and oxygen atoms in total. The van der Waals surface area contributed by atoms with Crippen molar-refractivity contribution in [1.82, 2.24) is 0 Å². The number of allylic oxidation sites excluding steroid dienone is 2. The molecule has 1 aliphatic carbocycles. The van der Waals surface area contributed by atoms with E-state index in [0.717, 1.165) is 5.70 Å². The fraction of sp³-hybridized carbons (Fsp3) is 0.560. The van der Waals surface area contributed by atoms with Crippen molar-refractivity contribution in [3.05, 3.63) is 29.0 Å². The Balaban J connectivity index is 2.29. The summed E-state index contributed by atoms with van der Waals surface area (Å²) in [6.45, 7) is 9.55. The maximum atomic E-state index is 13.4. The Morgan fingerprint density at radius 1 is 1.06 bits per heavy atom. The molecule has 0 aromatic heterocycles. The standard InChI is InChI=1S/C25H33NO6/c1-13(2)32-24(28)19-14(3)26-16-11-25(4,5)12-17(27)21(16)20(19)15-9-10-18(29-6)23(31-8)22(15)30-7/h9-10,13,19-20H,11-12H2,1-8H3/t19?,20-/m1/s1. The predicted octanol–water partition coefficient (Wildman–Crippen LogP) is 4.48. The zero-order valence-electron chi connectivity index (χ0n) is 20.2. The van der Waals surface area contributed by atoms with Crippen molar-refractivity contribution >= 4 is 17.5 Å². The molecule has 0 bridgehead atoms. The van der Waals surface area contributed by atoms with E-state index in [2.05, 4.69) is 13.8 Å². The van der Waals surface area contributed by atoms with Crippen molar-refractivity contribution in [1.29, 1.82) is 0 Å². The molecule has 0 saturated carbocycles. The number of carbonyl (C=O) groups is 2. The topological polar surface area (TPSA) is 83.4 Å². The van der Waals surface area contributed by atoms with E-state index in [1.165, 1.54) is 14.2 Å². The lowest BCUT2D eigenvalue weighted by atomic mass is 9.66. The van der Waals surface area contributed by atoms with Gasteiger partial charge in [-0.15, -0.1) is 0 Å². The van der Waals surface area contributed by atoms with Crippen LogP contribution in [0.3, 0.4) is 0 Å². The number of methoxy groups -OCH3 is 3. The number of ketones is 1. The van der Waals surface area contributed by atoms with Crippen molar-refractivity contribution < 1.29 is 28.5 Å². The fourth-order valence-electron chi connectivity index (χ4n) is 4.76. The summed E-state index contributed by atoms with van der Waals surface area (Å²) >= 11 is 0. The highest BCUT2D eigenvalue weighted by atomic mass is 16.5. The van der Waals surface area contributed by atoms with Gasteiger partial charge in [0.1, 0.15) is 5.92 Å². The Bertz CT molecular complexity index is 988. The highest BCUT2D eigenvalue weighted by Crippen LogP contribution is 2.52. The van der Waals surface area contributed by atoms with Crippen LogP contribution in [0.5, 0.6) is 17.2 Å². The number of hydrogen-bond acceptors (Lipinski definition) is 7. The van der Waals surface area contributed by atoms with Gasteiger partial charge in [-0.1, -0.05) is 19.9 Å². The van der Waals surface area contributed by atoms with E-state index < -0.39 is 17.8 Å². The van der Waals surface area contributed by atoms with Crippen molar-refractivity contribution in [3.63, 3.8) is 0 Å². The molecule has 1 aromatic rings. The van der Waals surface area contributed by atoms with Gasteiger partial charge in [0.2, 0.25) is 5.75 Å². The highest BCUT2D eigenvalue weighted by molar-refractivity contribution is 6.09. The molecule has 174 valence electrons. The molecule has 1 aromatic carbocycles. The number of ether oxygens (including phenoxy) is 4. The third-order valence-electron chi connectivity index (χ3n) is 5.98. The van der Waals surface area contributed by atoms with Crippen molar-refractivity contribution in [3.8, 4) is 17.2 Å². The monoisotopic (exact) mass is 443 g/mol. The first-order valence-electron chi connectivity index (χ1n) is 10.9. The zero-order chi connectivity index (χ0) is 23.8. The number of esters is 1. The van der Waals surface area contributed by atoms with Gasteiger partial charge in [-0.2, -0.15) is 0 Å². The number of rotatable bonds is 6. The number of Topliss-reactive ketones (excluding diaryl/α,β-unsaturated/α-hetero) is 1. The first kappa shape index (κ1) is 23.8. The van der Waals surface area contributed by atoms with Crippen LogP contribution in [0.15, 0.2) is 28.4 Å². The van der Waals surface area contributed by atoms with Crippen LogP contribution in [0.25, 0.3) is 0 Å². The number of benzene rings is 1. The summed E-state index contributed by atoms with van der Waals surface area (Å²) in [6.07, 6.45) is 0.752.